The van der Waals surface area contributed by atoms with Crippen LogP contribution in [0, 0.1) is 6.92 Å². The third-order valence-corrected chi connectivity index (χ3v) is 8.09. The van der Waals surface area contributed by atoms with Crippen molar-refractivity contribution in [2.75, 3.05) is 18.5 Å². The van der Waals surface area contributed by atoms with Gasteiger partial charge in [0.25, 0.3) is 0 Å². The van der Waals surface area contributed by atoms with Gasteiger partial charge in [-0.2, -0.15) is 27.5 Å². The zero-order chi connectivity index (χ0) is 38.5. The third-order valence-electron chi connectivity index (χ3n) is 8.09. The number of esters is 2. The van der Waals surface area contributed by atoms with Crippen molar-refractivity contribution in [3.63, 3.8) is 0 Å². The SMILES string of the molecule is Cc1ccn([C@@H]2O[C@H](COC(=O)CCCC(=O)OC[C@H]3O[C@H](n4ccc(NC(=O)OCc5ccccc5)nc4=O)C(F)(F)[C@@H]3O)[C@@H](O)C2(F)F)c(=O)n1. The second-order valence-corrected chi connectivity index (χ2v) is 12.0. The Morgan fingerprint density at radius 3 is 1.81 bits per heavy atom. The van der Waals surface area contributed by atoms with Gasteiger partial charge in [0, 0.05) is 30.9 Å². The molecule has 4 heterocycles. The molecule has 0 bridgehead atoms. The molecule has 0 saturated carbocycles. The number of aliphatic hydroxyl groups excluding tert-OH is 2. The van der Waals surface area contributed by atoms with Crippen molar-refractivity contribution >= 4 is 23.8 Å². The van der Waals surface area contributed by atoms with Crippen molar-refractivity contribution in [1.29, 1.82) is 0 Å². The van der Waals surface area contributed by atoms with E-state index in [1.807, 2.05) is 0 Å². The number of carbonyl (C=O) groups is 3. The summed E-state index contributed by atoms with van der Waals surface area (Å²) in [6, 6.07) is 11.0. The normalized spacial score (nSPS) is 24.4. The molecule has 0 spiro atoms. The van der Waals surface area contributed by atoms with E-state index in [1.165, 1.54) is 13.0 Å². The zero-order valence-electron chi connectivity index (χ0n) is 27.7. The van der Waals surface area contributed by atoms with Gasteiger partial charge in [-0.1, -0.05) is 30.3 Å². The standard InChI is InChI=1S/C32H33F4N5O12/c1-17-10-12-40(28(46)37-17)26-31(33,34)24(44)19(52-26)15-49-22(42)8-5-9-23(43)50-16-20-25(45)32(35,36)27(53-20)41-13-11-21(38-29(41)47)39-30(48)51-14-18-6-3-2-4-7-18/h2-4,6-7,10-13,19-20,24-27,44-45H,5,8-9,14-16H2,1H3,(H,38,39,47,48)/t19-,20-,24-,25-,26-,27+/m1/s1. The van der Waals surface area contributed by atoms with Crippen LogP contribution in [0.2, 0.25) is 0 Å². The van der Waals surface area contributed by atoms with Gasteiger partial charge in [0.2, 0.25) is 12.5 Å². The number of ether oxygens (including phenoxy) is 5. The van der Waals surface area contributed by atoms with Crippen LogP contribution < -0.4 is 16.7 Å². The minimum atomic E-state index is -4.05. The molecular formula is C32H33F4N5O12. The van der Waals surface area contributed by atoms with Crippen molar-refractivity contribution in [1.82, 2.24) is 19.1 Å². The Balaban J connectivity index is 1.04. The number of alkyl halides is 4. The highest BCUT2D eigenvalue weighted by atomic mass is 19.3. The van der Waals surface area contributed by atoms with E-state index in [4.69, 9.17) is 23.7 Å². The number of rotatable bonds is 13. The van der Waals surface area contributed by atoms with Crippen LogP contribution in [-0.2, 0) is 39.9 Å². The highest BCUT2D eigenvalue weighted by molar-refractivity contribution is 5.83. The second kappa shape index (κ2) is 16.2. The highest BCUT2D eigenvalue weighted by Gasteiger charge is 2.61. The smallest absolute Gasteiger partial charge is 0.413 e. The first-order valence-electron chi connectivity index (χ1n) is 15.9. The molecule has 1 amide bonds. The average Bonchev–Trinajstić information content (AvgIpc) is 3.47. The molecule has 2 aliphatic heterocycles. The quantitative estimate of drug-likeness (QED) is 0.128. The van der Waals surface area contributed by atoms with E-state index in [2.05, 4.69) is 15.3 Å². The first-order chi connectivity index (χ1) is 25.1. The molecule has 286 valence electrons. The van der Waals surface area contributed by atoms with Gasteiger partial charge in [-0.25, -0.2) is 14.4 Å². The maximum Gasteiger partial charge on any atom is 0.413 e. The summed E-state index contributed by atoms with van der Waals surface area (Å²) in [5.41, 5.74) is -1.35. The Hall–Kier alpha value is -5.25. The lowest BCUT2D eigenvalue weighted by Crippen LogP contribution is -2.42. The lowest BCUT2D eigenvalue weighted by atomic mass is 10.1. The molecule has 0 aliphatic carbocycles. The van der Waals surface area contributed by atoms with Gasteiger partial charge in [-0.3, -0.25) is 24.0 Å². The minimum absolute atomic E-state index is 0.0870. The number of carbonyl (C=O) groups excluding carboxylic acids is 3. The predicted octanol–water partition coefficient (Wildman–Crippen LogP) is 1.60. The fourth-order valence-electron chi connectivity index (χ4n) is 5.28. The maximum atomic E-state index is 15.0. The Morgan fingerprint density at radius 1 is 0.792 bits per heavy atom. The summed E-state index contributed by atoms with van der Waals surface area (Å²) in [6.07, 6.45) is -13.1. The summed E-state index contributed by atoms with van der Waals surface area (Å²) in [4.78, 5) is 68.2. The Labute approximate surface area is 296 Å². The molecule has 3 N–H and O–H groups in total. The number of hydrogen-bond donors (Lipinski definition) is 3. The Morgan fingerprint density at radius 2 is 1.30 bits per heavy atom. The molecule has 2 aromatic heterocycles. The fraction of sp³-hybridized carbons (Fsp3) is 0.469. The van der Waals surface area contributed by atoms with Crippen LogP contribution in [0.15, 0.2) is 64.4 Å². The monoisotopic (exact) mass is 755 g/mol. The molecule has 5 rings (SSSR count). The summed E-state index contributed by atoms with van der Waals surface area (Å²) in [5, 5.41) is 22.5. The fourth-order valence-corrected chi connectivity index (χ4v) is 5.28. The molecule has 17 nitrogen and oxygen atoms in total. The summed E-state index contributed by atoms with van der Waals surface area (Å²) in [7, 11) is 0. The number of nitrogens with one attached hydrogen (secondary N) is 1. The number of benzene rings is 1. The van der Waals surface area contributed by atoms with Crippen LogP contribution in [0.4, 0.5) is 28.2 Å². The lowest BCUT2D eigenvalue weighted by Gasteiger charge is -2.21. The number of anilines is 1. The molecule has 53 heavy (non-hydrogen) atoms. The number of aryl methyl sites for hydroxylation is 1. The largest absolute Gasteiger partial charge is 0.463 e. The number of aliphatic hydroxyl groups is 2. The number of amides is 1. The summed E-state index contributed by atoms with van der Waals surface area (Å²) in [5.74, 6) is -10.2. The summed E-state index contributed by atoms with van der Waals surface area (Å²) in [6.45, 7) is -0.286. The molecular weight excluding hydrogens is 722 g/mol. The minimum Gasteiger partial charge on any atom is -0.463 e. The first-order valence-corrected chi connectivity index (χ1v) is 15.9. The van der Waals surface area contributed by atoms with E-state index in [-0.39, 0.29) is 24.5 Å². The van der Waals surface area contributed by atoms with Gasteiger partial charge >= 0.3 is 41.3 Å². The summed E-state index contributed by atoms with van der Waals surface area (Å²) >= 11 is 0. The molecule has 2 fully saturated rings. The number of aromatic nitrogens is 4. The van der Waals surface area contributed by atoms with Gasteiger partial charge in [-0.15, -0.1) is 0 Å². The third kappa shape index (κ3) is 9.04. The van der Waals surface area contributed by atoms with Gasteiger partial charge in [0.15, 0.2) is 12.2 Å². The molecule has 6 atom stereocenters. The topological polar surface area (TPSA) is 220 Å². The molecule has 21 heteroatoms. The van der Waals surface area contributed by atoms with Crippen molar-refractivity contribution in [3.8, 4) is 0 Å². The van der Waals surface area contributed by atoms with Crippen LogP contribution in [0.25, 0.3) is 0 Å². The molecule has 2 aliphatic rings. The molecule has 0 unspecified atom stereocenters. The molecule has 0 radical (unpaired) electrons. The van der Waals surface area contributed by atoms with E-state index >= 15 is 0 Å². The Bertz CT molecular complexity index is 1910. The van der Waals surface area contributed by atoms with Crippen LogP contribution in [0.5, 0.6) is 0 Å². The van der Waals surface area contributed by atoms with Crippen molar-refractivity contribution in [3.05, 3.63) is 87.1 Å². The van der Waals surface area contributed by atoms with Crippen molar-refractivity contribution < 1.29 is 65.8 Å². The van der Waals surface area contributed by atoms with Gasteiger partial charge in [0.1, 0.15) is 37.8 Å². The predicted molar refractivity (Wildman–Crippen MR) is 167 cm³/mol. The van der Waals surface area contributed by atoms with Crippen LogP contribution in [-0.4, -0.2) is 96.8 Å². The van der Waals surface area contributed by atoms with Crippen LogP contribution >= 0.6 is 0 Å². The average molecular weight is 756 g/mol. The van der Waals surface area contributed by atoms with Gasteiger partial charge in [0.05, 0.1) is 0 Å². The highest BCUT2D eigenvalue weighted by Crippen LogP contribution is 2.43. The number of hydrogen-bond acceptors (Lipinski definition) is 14. The van der Waals surface area contributed by atoms with Crippen LogP contribution in [0.1, 0.15) is 43.0 Å². The number of halogens is 4. The first kappa shape index (κ1) is 39.0. The van der Waals surface area contributed by atoms with E-state index < -0.39 is 104 Å². The molecule has 1 aromatic carbocycles. The second-order valence-electron chi connectivity index (χ2n) is 12.0. The number of nitrogens with zero attached hydrogens (tertiary/aromatic N) is 4. The lowest BCUT2D eigenvalue weighted by molar-refractivity contribution is -0.152. The summed E-state index contributed by atoms with van der Waals surface area (Å²) < 4.78 is 85.3. The molecule has 2 saturated heterocycles. The van der Waals surface area contributed by atoms with E-state index in [0.717, 1.165) is 18.5 Å². The van der Waals surface area contributed by atoms with Crippen LogP contribution in [0.3, 0.4) is 0 Å². The van der Waals surface area contributed by atoms with E-state index in [0.29, 0.717) is 14.7 Å². The van der Waals surface area contributed by atoms with E-state index in [1.54, 1.807) is 30.3 Å². The van der Waals surface area contributed by atoms with E-state index in [9.17, 15) is 51.7 Å². The Kier molecular flexibility index (Phi) is 11.9. The maximum absolute atomic E-state index is 15.0. The molecule has 3 aromatic rings. The van der Waals surface area contributed by atoms with Gasteiger partial charge in [-0.05, 0) is 31.0 Å². The zero-order valence-corrected chi connectivity index (χ0v) is 27.7. The van der Waals surface area contributed by atoms with Crippen molar-refractivity contribution in [2.24, 2.45) is 0 Å². The van der Waals surface area contributed by atoms with Gasteiger partial charge < -0.3 is 33.9 Å². The van der Waals surface area contributed by atoms with Crippen molar-refractivity contribution in [2.45, 2.75) is 81.5 Å².